The van der Waals surface area contributed by atoms with Gasteiger partial charge in [-0.25, -0.2) is 26.2 Å². The van der Waals surface area contributed by atoms with E-state index in [9.17, 15) is 36.3 Å². The second-order valence-electron chi connectivity index (χ2n) is 6.10. The molecule has 19 heteroatoms. The molecule has 0 bridgehead atoms. The van der Waals surface area contributed by atoms with Crippen LogP contribution in [0.2, 0.25) is 0 Å². The number of carbonyl (C=O) groups excluding carboxylic acids is 1. The third kappa shape index (κ3) is 7.84. The fraction of sp³-hybridized carbons (Fsp3) is 0.462. The van der Waals surface area contributed by atoms with Gasteiger partial charge >= 0.3 is 19.6 Å². The standard InChI is InChI=1S/C13H19ClN3O12PS2/c1-9(10-4-5-11(17(19)20)12(8-10)29-30(21,22)23)28-13(18)16(32(3,26)27)15(7-6-14)31(2,24)25/h4-5,8-9H,6-7H2,1-3H3,(H2,21,22,23)/t9-/m1/s1. The average Bonchev–Trinajstić information content (AvgIpc) is 2.57. The predicted octanol–water partition coefficient (Wildman–Crippen LogP) is 0.941. The smallest absolute Gasteiger partial charge is 0.440 e. The molecule has 1 rings (SSSR count). The molecule has 0 heterocycles. The SMILES string of the molecule is C[C@@H](OC(=O)N(N(CCCl)S(C)(=O)=O)S(C)(=O)=O)c1ccc([N+](=O)[O-])c(OP(=O)(O)O)c1. The zero-order valence-electron chi connectivity index (χ0n) is 16.7. The van der Waals surface area contributed by atoms with Crippen molar-refractivity contribution >= 4 is 51.3 Å². The summed E-state index contributed by atoms with van der Waals surface area (Å²) in [5.41, 5.74) is -0.900. The predicted molar refractivity (Wildman–Crippen MR) is 110 cm³/mol. The number of nitrogens with zero attached hydrogens (tertiary/aromatic N) is 3. The summed E-state index contributed by atoms with van der Waals surface area (Å²) in [5.74, 6) is -1.21. The Hall–Kier alpha value is -2.01. The van der Waals surface area contributed by atoms with E-state index < -0.39 is 63.0 Å². The van der Waals surface area contributed by atoms with Gasteiger partial charge in [0.1, 0.15) is 6.10 Å². The number of nitro benzene ring substituents is 1. The molecule has 0 saturated heterocycles. The first-order chi connectivity index (χ1) is 14.4. The van der Waals surface area contributed by atoms with Gasteiger partial charge in [-0.3, -0.25) is 19.9 Å². The second kappa shape index (κ2) is 10.3. The molecule has 0 fully saturated rings. The molecular weight excluding hydrogens is 521 g/mol. The summed E-state index contributed by atoms with van der Waals surface area (Å²) >= 11 is 5.50. The molecule has 0 aliphatic rings. The average molecular weight is 540 g/mol. The molecule has 1 atom stereocenters. The molecule has 0 spiro atoms. The molecule has 1 amide bonds. The highest BCUT2D eigenvalue weighted by Gasteiger charge is 2.38. The lowest BCUT2D eigenvalue weighted by Crippen LogP contribution is -2.52. The number of carbonyl (C=O) groups is 1. The summed E-state index contributed by atoms with van der Waals surface area (Å²) in [6, 6.07) is 2.67. The molecule has 32 heavy (non-hydrogen) atoms. The lowest BCUT2D eigenvalue weighted by Gasteiger charge is -2.30. The van der Waals surface area contributed by atoms with E-state index in [1.807, 2.05) is 0 Å². The third-order valence-electron chi connectivity index (χ3n) is 3.48. The van der Waals surface area contributed by atoms with Gasteiger partial charge in [0.05, 0.1) is 17.4 Å². The van der Waals surface area contributed by atoms with Crippen LogP contribution in [0, 0.1) is 10.1 Å². The minimum absolute atomic E-state index is 0.0934. The van der Waals surface area contributed by atoms with Crippen LogP contribution in [-0.4, -0.2) is 71.4 Å². The molecule has 2 N–H and O–H groups in total. The van der Waals surface area contributed by atoms with Gasteiger partial charge in [0.25, 0.3) is 10.0 Å². The number of phosphoric acid groups is 1. The largest absolute Gasteiger partial charge is 0.525 e. The number of ether oxygens (including phenoxy) is 1. The van der Waals surface area contributed by atoms with Gasteiger partial charge in [0.2, 0.25) is 15.8 Å². The van der Waals surface area contributed by atoms with E-state index in [0.717, 1.165) is 18.2 Å². The fourth-order valence-corrected chi connectivity index (χ4v) is 5.13. The highest BCUT2D eigenvalue weighted by molar-refractivity contribution is 7.91. The number of halogens is 1. The maximum absolute atomic E-state index is 12.5. The summed E-state index contributed by atoms with van der Waals surface area (Å²) < 4.78 is 68.4. The van der Waals surface area contributed by atoms with Gasteiger partial charge < -0.3 is 9.26 Å². The lowest BCUT2D eigenvalue weighted by molar-refractivity contribution is -0.385. The topological polar surface area (TPSA) is 211 Å². The number of hydrogen-bond donors (Lipinski definition) is 2. The van der Waals surface area contributed by atoms with E-state index in [-0.39, 0.29) is 20.3 Å². The summed E-state index contributed by atoms with van der Waals surface area (Å²) in [4.78, 5) is 40.5. The Bertz CT molecular complexity index is 1140. The summed E-state index contributed by atoms with van der Waals surface area (Å²) in [7, 11) is -14.0. The first kappa shape index (κ1) is 28.0. The van der Waals surface area contributed by atoms with Crippen LogP contribution in [0.3, 0.4) is 0 Å². The van der Waals surface area contributed by atoms with Crippen LogP contribution < -0.4 is 4.52 Å². The van der Waals surface area contributed by atoms with Crippen LogP contribution in [-0.2, 0) is 29.3 Å². The van der Waals surface area contributed by atoms with Crippen LogP contribution in [0.5, 0.6) is 5.75 Å². The van der Waals surface area contributed by atoms with Crippen LogP contribution in [0.4, 0.5) is 10.5 Å². The fourth-order valence-electron chi connectivity index (χ4n) is 2.26. The summed E-state index contributed by atoms with van der Waals surface area (Å²) in [6.45, 7) is 0.599. The van der Waals surface area contributed by atoms with E-state index in [2.05, 4.69) is 4.52 Å². The van der Waals surface area contributed by atoms with Crippen LogP contribution in [0.1, 0.15) is 18.6 Å². The lowest BCUT2D eigenvalue weighted by atomic mass is 10.1. The monoisotopic (exact) mass is 539 g/mol. The first-order valence-electron chi connectivity index (χ1n) is 8.16. The Morgan fingerprint density at radius 3 is 2.22 bits per heavy atom. The van der Waals surface area contributed by atoms with Crippen LogP contribution in [0.15, 0.2) is 18.2 Å². The Labute approximate surface area is 187 Å². The first-order valence-corrected chi connectivity index (χ1v) is 13.9. The van der Waals surface area contributed by atoms with Crippen molar-refractivity contribution in [1.29, 1.82) is 0 Å². The third-order valence-corrected chi connectivity index (χ3v) is 6.27. The summed E-state index contributed by atoms with van der Waals surface area (Å²) in [5, 5.41) is 11.0. The maximum Gasteiger partial charge on any atom is 0.525 e. The molecular formula is C13H19ClN3O12PS2. The van der Waals surface area contributed by atoms with Gasteiger partial charge in [0.15, 0.2) is 0 Å². The molecule has 1 aromatic carbocycles. The number of phosphoric ester groups is 1. The number of nitro groups is 1. The van der Waals surface area contributed by atoms with Crippen molar-refractivity contribution in [2.24, 2.45) is 0 Å². The van der Waals surface area contributed by atoms with Gasteiger partial charge in [-0.15, -0.1) is 16.0 Å². The van der Waals surface area contributed by atoms with E-state index in [0.29, 0.717) is 12.5 Å². The number of benzene rings is 1. The Balaban J connectivity index is 3.35. The number of hydrazine groups is 1. The molecule has 0 aliphatic carbocycles. The van der Waals surface area contributed by atoms with Crippen LogP contribution in [0.25, 0.3) is 0 Å². The number of amides is 1. The van der Waals surface area contributed by atoms with Crippen molar-refractivity contribution in [3.8, 4) is 5.75 Å². The normalized spacial score (nSPS) is 13.5. The Morgan fingerprint density at radius 2 is 1.81 bits per heavy atom. The zero-order valence-corrected chi connectivity index (χ0v) is 20.0. The highest BCUT2D eigenvalue weighted by atomic mass is 35.5. The second-order valence-corrected chi connectivity index (χ2v) is 11.3. The summed E-state index contributed by atoms with van der Waals surface area (Å²) in [6.07, 6.45) is -1.84. The van der Waals surface area contributed by atoms with Crippen molar-refractivity contribution in [1.82, 2.24) is 8.83 Å². The van der Waals surface area contributed by atoms with E-state index in [1.165, 1.54) is 6.92 Å². The van der Waals surface area contributed by atoms with Gasteiger partial charge in [-0.05, 0) is 24.6 Å². The highest BCUT2D eigenvalue weighted by Crippen LogP contribution is 2.42. The number of alkyl halides is 1. The Morgan fingerprint density at radius 1 is 1.25 bits per heavy atom. The van der Waals surface area contributed by atoms with Crippen molar-refractivity contribution in [2.75, 3.05) is 24.9 Å². The Kier molecular flexibility index (Phi) is 9.01. The molecule has 0 aromatic heterocycles. The molecule has 182 valence electrons. The van der Waals surface area contributed by atoms with Crippen molar-refractivity contribution in [2.45, 2.75) is 13.0 Å². The minimum atomic E-state index is -5.19. The quantitative estimate of drug-likeness (QED) is 0.184. The van der Waals surface area contributed by atoms with Crippen LogP contribution >= 0.6 is 19.4 Å². The molecule has 0 saturated carbocycles. The number of hydrogen-bond acceptors (Lipinski definition) is 10. The molecule has 0 radical (unpaired) electrons. The van der Waals surface area contributed by atoms with E-state index in [1.54, 1.807) is 0 Å². The molecule has 15 nitrogen and oxygen atoms in total. The zero-order chi connectivity index (χ0) is 25.1. The van der Waals surface area contributed by atoms with E-state index in [4.69, 9.17) is 26.1 Å². The van der Waals surface area contributed by atoms with Gasteiger partial charge in [-0.2, -0.15) is 0 Å². The van der Waals surface area contributed by atoms with Gasteiger partial charge in [0, 0.05) is 18.5 Å². The molecule has 1 aromatic rings. The minimum Gasteiger partial charge on any atom is -0.440 e. The maximum atomic E-state index is 12.5. The van der Waals surface area contributed by atoms with E-state index >= 15 is 0 Å². The number of rotatable bonds is 10. The molecule has 0 aliphatic heterocycles. The van der Waals surface area contributed by atoms with Crippen molar-refractivity contribution in [3.05, 3.63) is 33.9 Å². The molecule has 0 unspecified atom stereocenters. The van der Waals surface area contributed by atoms with Crippen molar-refractivity contribution in [3.63, 3.8) is 0 Å². The number of sulfonamides is 2. The van der Waals surface area contributed by atoms with Crippen molar-refractivity contribution < 1.29 is 50.2 Å². The van der Waals surface area contributed by atoms with Gasteiger partial charge in [-0.1, -0.05) is 4.41 Å².